The second-order valence-corrected chi connectivity index (χ2v) is 4.27. The third kappa shape index (κ3) is 3.15. The van der Waals surface area contributed by atoms with Crippen molar-refractivity contribution in [3.8, 4) is 0 Å². The molecule has 6 nitrogen and oxygen atoms in total. The Morgan fingerprint density at radius 3 is 2.95 bits per heavy atom. The summed E-state index contributed by atoms with van der Waals surface area (Å²) >= 11 is 0. The fourth-order valence-electron chi connectivity index (χ4n) is 1.72. The molecule has 1 aromatic heterocycles. The fraction of sp³-hybridized carbons (Fsp3) is 0.385. The monoisotopic (exact) mass is 260 g/mol. The van der Waals surface area contributed by atoms with Crippen LogP contribution in [0.1, 0.15) is 19.8 Å². The number of hydrogen-bond acceptors (Lipinski definition) is 4. The molecule has 0 saturated carbocycles. The van der Waals surface area contributed by atoms with E-state index in [1.54, 1.807) is 24.3 Å². The van der Waals surface area contributed by atoms with Gasteiger partial charge in [0.25, 0.3) is 5.56 Å². The third-order valence-electron chi connectivity index (χ3n) is 2.78. The first kappa shape index (κ1) is 13.2. The lowest BCUT2D eigenvalue weighted by Crippen LogP contribution is -2.34. The van der Waals surface area contributed by atoms with Crippen molar-refractivity contribution in [2.24, 2.45) is 0 Å². The van der Waals surface area contributed by atoms with Crippen molar-refractivity contribution in [3.05, 3.63) is 34.6 Å². The van der Waals surface area contributed by atoms with Crippen LogP contribution in [0.4, 0.5) is 0 Å². The second-order valence-electron chi connectivity index (χ2n) is 4.27. The zero-order chi connectivity index (χ0) is 13.7. The molecule has 1 N–H and O–H groups in total. The van der Waals surface area contributed by atoms with Gasteiger partial charge in [0.15, 0.2) is 0 Å². The molecule has 19 heavy (non-hydrogen) atoms. The molecule has 0 atom stereocenters. The standard InChI is InChI=1S/C13H16N4O2/c1-2-3-8-14-12(18)9-17-13(19)10-6-4-5-7-11(10)15-16-17/h4-7H,2-3,8-9H2,1H3,(H,14,18). The number of benzene rings is 1. The van der Waals surface area contributed by atoms with Crippen molar-refractivity contribution in [2.75, 3.05) is 6.54 Å². The molecule has 0 unspecified atom stereocenters. The van der Waals surface area contributed by atoms with Crippen molar-refractivity contribution in [3.63, 3.8) is 0 Å². The van der Waals surface area contributed by atoms with Crippen LogP contribution >= 0.6 is 0 Å². The summed E-state index contributed by atoms with van der Waals surface area (Å²) in [5.41, 5.74) is 0.242. The van der Waals surface area contributed by atoms with Crippen LogP contribution in [0.15, 0.2) is 29.1 Å². The number of unbranched alkanes of at least 4 members (excludes halogenated alkanes) is 1. The molecule has 0 aliphatic carbocycles. The molecule has 1 amide bonds. The van der Waals surface area contributed by atoms with Gasteiger partial charge in [0.2, 0.25) is 5.91 Å². The van der Waals surface area contributed by atoms with E-state index in [-0.39, 0.29) is 18.0 Å². The first-order chi connectivity index (χ1) is 9.22. The van der Waals surface area contributed by atoms with Gasteiger partial charge in [-0.25, -0.2) is 4.68 Å². The van der Waals surface area contributed by atoms with E-state index in [2.05, 4.69) is 15.6 Å². The van der Waals surface area contributed by atoms with Crippen LogP contribution in [0, 0.1) is 0 Å². The first-order valence-electron chi connectivity index (χ1n) is 6.31. The Morgan fingerprint density at radius 1 is 1.37 bits per heavy atom. The average molecular weight is 260 g/mol. The van der Waals surface area contributed by atoms with Crippen LogP contribution < -0.4 is 10.9 Å². The van der Waals surface area contributed by atoms with Gasteiger partial charge in [-0.3, -0.25) is 9.59 Å². The molecular weight excluding hydrogens is 244 g/mol. The van der Waals surface area contributed by atoms with Gasteiger partial charge in [0.05, 0.1) is 5.39 Å². The molecule has 0 fully saturated rings. The topological polar surface area (TPSA) is 76.9 Å². The summed E-state index contributed by atoms with van der Waals surface area (Å²) in [5.74, 6) is -0.222. The summed E-state index contributed by atoms with van der Waals surface area (Å²) in [6, 6.07) is 6.95. The molecule has 0 aliphatic heterocycles. The highest BCUT2D eigenvalue weighted by molar-refractivity contribution is 5.78. The lowest BCUT2D eigenvalue weighted by molar-refractivity contribution is -0.121. The highest BCUT2D eigenvalue weighted by Gasteiger charge is 2.08. The summed E-state index contributed by atoms with van der Waals surface area (Å²) in [6.45, 7) is 2.57. The summed E-state index contributed by atoms with van der Waals surface area (Å²) in [5, 5.41) is 10.9. The number of amides is 1. The highest BCUT2D eigenvalue weighted by Crippen LogP contribution is 2.02. The van der Waals surface area contributed by atoms with Gasteiger partial charge >= 0.3 is 0 Å². The van der Waals surface area contributed by atoms with E-state index in [9.17, 15) is 9.59 Å². The lowest BCUT2D eigenvalue weighted by atomic mass is 10.2. The summed E-state index contributed by atoms with van der Waals surface area (Å²) in [4.78, 5) is 23.7. The Kier molecular flexibility index (Phi) is 4.22. The average Bonchev–Trinajstić information content (AvgIpc) is 2.43. The minimum atomic E-state index is -0.295. The molecule has 0 radical (unpaired) electrons. The SMILES string of the molecule is CCCCNC(=O)Cn1nnc2ccccc2c1=O. The van der Waals surface area contributed by atoms with Crippen molar-refractivity contribution in [1.29, 1.82) is 0 Å². The summed E-state index contributed by atoms with van der Waals surface area (Å²) in [7, 11) is 0. The van der Waals surface area contributed by atoms with Gasteiger partial charge in [-0.2, -0.15) is 0 Å². The van der Waals surface area contributed by atoms with E-state index in [1.165, 1.54) is 0 Å². The first-order valence-corrected chi connectivity index (χ1v) is 6.31. The van der Waals surface area contributed by atoms with Gasteiger partial charge in [-0.1, -0.05) is 30.7 Å². The van der Waals surface area contributed by atoms with Gasteiger partial charge in [-0.05, 0) is 18.6 Å². The predicted octanol–water partition coefficient (Wildman–Crippen LogP) is 0.708. The number of hydrogen-bond donors (Lipinski definition) is 1. The van der Waals surface area contributed by atoms with Gasteiger partial charge in [0, 0.05) is 6.54 Å². The molecule has 100 valence electrons. The zero-order valence-electron chi connectivity index (χ0n) is 10.8. The van der Waals surface area contributed by atoms with Crippen molar-refractivity contribution >= 4 is 16.8 Å². The van der Waals surface area contributed by atoms with E-state index in [1.807, 2.05) is 6.92 Å². The van der Waals surface area contributed by atoms with E-state index in [4.69, 9.17) is 0 Å². The van der Waals surface area contributed by atoms with E-state index in [0.717, 1.165) is 17.5 Å². The Balaban J connectivity index is 2.15. The second kappa shape index (κ2) is 6.08. The van der Waals surface area contributed by atoms with Crippen LogP contribution in [0.25, 0.3) is 10.9 Å². The van der Waals surface area contributed by atoms with Gasteiger partial charge < -0.3 is 5.32 Å². The van der Waals surface area contributed by atoms with E-state index < -0.39 is 0 Å². The number of fused-ring (bicyclic) bond motifs is 1. The molecule has 0 spiro atoms. The minimum absolute atomic E-state index is 0.0968. The van der Waals surface area contributed by atoms with Crippen LogP contribution in [-0.2, 0) is 11.3 Å². The number of nitrogens with one attached hydrogen (secondary N) is 1. The molecule has 0 saturated heterocycles. The molecule has 0 aliphatic rings. The summed E-state index contributed by atoms with van der Waals surface area (Å²) < 4.78 is 1.09. The molecule has 2 rings (SSSR count). The van der Waals surface area contributed by atoms with E-state index in [0.29, 0.717) is 17.4 Å². The Bertz CT molecular complexity index is 636. The fourth-order valence-corrected chi connectivity index (χ4v) is 1.72. The number of carbonyl (C=O) groups is 1. The Hall–Kier alpha value is -2.24. The molecular formula is C13H16N4O2. The van der Waals surface area contributed by atoms with Crippen LogP contribution in [0.3, 0.4) is 0 Å². The zero-order valence-corrected chi connectivity index (χ0v) is 10.8. The molecule has 6 heteroatoms. The molecule has 0 bridgehead atoms. The normalized spacial score (nSPS) is 10.6. The largest absolute Gasteiger partial charge is 0.354 e. The number of nitrogens with zero attached hydrogens (tertiary/aromatic N) is 3. The minimum Gasteiger partial charge on any atom is -0.354 e. The van der Waals surface area contributed by atoms with Crippen LogP contribution in [0.2, 0.25) is 0 Å². The van der Waals surface area contributed by atoms with Crippen LogP contribution in [0.5, 0.6) is 0 Å². The van der Waals surface area contributed by atoms with Crippen molar-refractivity contribution in [1.82, 2.24) is 20.3 Å². The van der Waals surface area contributed by atoms with Crippen LogP contribution in [-0.4, -0.2) is 27.4 Å². The van der Waals surface area contributed by atoms with Crippen molar-refractivity contribution < 1.29 is 4.79 Å². The molecule has 2 aromatic rings. The quantitative estimate of drug-likeness (QED) is 0.803. The third-order valence-corrected chi connectivity index (χ3v) is 2.78. The number of carbonyl (C=O) groups excluding carboxylic acids is 1. The van der Waals surface area contributed by atoms with Gasteiger partial charge in [-0.15, -0.1) is 5.10 Å². The van der Waals surface area contributed by atoms with Crippen molar-refractivity contribution in [2.45, 2.75) is 26.3 Å². The van der Waals surface area contributed by atoms with E-state index >= 15 is 0 Å². The number of rotatable bonds is 5. The Labute approximate surface area is 110 Å². The number of aromatic nitrogens is 3. The highest BCUT2D eigenvalue weighted by atomic mass is 16.2. The smallest absolute Gasteiger partial charge is 0.278 e. The molecule has 1 aromatic carbocycles. The van der Waals surface area contributed by atoms with Gasteiger partial charge in [0.1, 0.15) is 12.1 Å². The Morgan fingerprint density at radius 2 is 2.16 bits per heavy atom. The predicted molar refractivity (Wildman–Crippen MR) is 71.7 cm³/mol. The maximum Gasteiger partial charge on any atom is 0.278 e. The maximum atomic E-state index is 12.1. The summed E-state index contributed by atoms with van der Waals surface area (Å²) in [6.07, 6.45) is 1.93. The lowest BCUT2D eigenvalue weighted by Gasteiger charge is -2.05. The maximum absolute atomic E-state index is 12.1. The molecule has 1 heterocycles.